The van der Waals surface area contributed by atoms with Crippen LogP contribution in [0.4, 0.5) is 10.5 Å². The third kappa shape index (κ3) is 5.64. The summed E-state index contributed by atoms with van der Waals surface area (Å²) < 4.78 is 11.3. The molecule has 0 radical (unpaired) electrons. The number of alkyl carbamates (subject to hydrolysis) is 1. The van der Waals surface area contributed by atoms with Crippen LogP contribution in [-0.2, 0) is 4.74 Å². The predicted octanol–water partition coefficient (Wildman–Crippen LogP) is 3.78. The fourth-order valence-corrected chi connectivity index (χ4v) is 3.09. The van der Waals surface area contributed by atoms with E-state index in [1.807, 2.05) is 46.8 Å². The van der Waals surface area contributed by atoms with Gasteiger partial charge in [-0.1, -0.05) is 6.07 Å². The Morgan fingerprint density at radius 1 is 1.35 bits per heavy atom. The van der Waals surface area contributed by atoms with Crippen LogP contribution in [0.1, 0.15) is 57.8 Å². The number of rotatable bonds is 5. The lowest BCUT2D eigenvalue weighted by molar-refractivity contribution is 0.0499. The summed E-state index contributed by atoms with van der Waals surface area (Å²) in [4.78, 5) is 25.7. The van der Waals surface area contributed by atoms with Crippen molar-refractivity contribution >= 4 is 18.1 Å². The van der Waals surface area contributed by atoms with Crippen LogP contribution in [0.2, 0.25) is 0 Å². The molecule has 6 nitrogen and oxygen atoms in total. The van der Waals surface area contributed by atoms with E-state index in [2.05, 4.69) is 10.2 Å². The van der Waals surface area contributed by atoms with Crippen LogP contribution in [-0.4, -0.2) is 43.2 Å². The maximum Gasteiger partial charge on any atom is 0.407 e. The molecule has 1 atom stereocenters. The van der Waals surface area contributed by atoms with Gasteiger partial charge in [0, 0.05) is 24.7 Å². The Morgan fingerprint density at radius 2 is 2.08 bits per heavy atom. The highest BCUT2D eigenvalue weighted by molar-refractivity contribution is 5.87. The lowest BCUT2D eigenvalue weighted by atomic mass is 10.0. The number of anilines is 1. The highest BCUT2D eigenvalue weighted by Crippen LogP contribution is 2.34. The van der Waals surface area contributed by atoms with E-state index < -0.39 is 11.7 Å². The number of para-hydroxylation sites is 1. The zero-order chi connectivity index (χ0) is 19.3. The van der Waals surface area contributed by atoms with Crippen LogP contribution < -0.4 is 15.0 Å². The highest BCUT2D eigenvalue weighted by Gasteiger charge is 2.27. The van der Waals surface area contributed by atoms with Crippen molar-refractivity contribution in [3.8, 4) is 5.75 Å². The molecular weight excluding hydrogens is 332 g/mol. The first-order valence-electron chi connectivity index (χ1n) is 9.19. The van der Waals surface area contributed by atoms with Crippen molar-refractivity contribution in [3.63, 3.8) is 0 Å². The second-order valence-corrected chi connectivity index (χ2v) is 7.91. The summed E-state index contributed by atoms with van der Waals surface area (Å²) in [6.07, 6.45) is 2.24. The van der Waals surface area contributed by atoms with Gasteiger partial charge < -0.3 is 19.7 Å². The molecule has 0 spiro atoms. The summed E-state index contributed by atoms with van der Waals surface area (Å²) in [7, 11) is 0. The van der Waals surface area contributed by atoms with Gasteiger partial charge in [0.2, 0.25) is 0 Å². The number of nitrogens with zero attached hydrogens (tertiary/aromatic N) is 1. The van der Waals surface area contributed by atoms with E-state index in [-0.39, 0.29) is 12.1 Å². The Balaban J connectivity index is 2.16. The molecular formula is C20H30N2O4. The SMILES string of the molecule is CC(C)Oc1cccc(C=O)c1N1CCCC(NC(=O)OC(C)(C)C)C1. The number of hydrogen-bond acceptors (Lipinski definition) is 5. The molecule has 0 aromatic heterocycles. The molecule has 1 heterocycles. The van der Waals surface area contributed by atoms with Gasteiger partial charge in [0.05, 0.1) is 11.8 Å². The Hall–Kier alpha value is -2.24. The first kappa shape index (κ1) is 20.1. The van der Waals surface area contributed by atoms with Gasteiger partial charge in [0.1, 0.15) is 11.4 Å². The average Bonchev–Trinajstić information content (AvgIpc) is 2.52. The molecule has 1 aromatic carbocycles. The predicted molar refractivity (Wildman–Crippen MR) is 102 cm³/mol. The number of carbonyl (C=O) groups excluding carboxylic acids is 2. The Labute approximate surface area is 155 Å². The van der Waals surface area contributed by atoms with Crippen LogP contribution >= 0.6 is 0 Å². The van der Waals surface area contributed by atoms with Gasteiger partial charge in [-0.3, -0.25) is 4.79 Å². The van der Waals surface area contributed by atoms with Gasteiger partial charge in [0.15, 0.2) is 6.29 Å². The van der Waals surface area contributed by atoms with Crippen molar-refractivity contribution < 1.29 is 19.1 Å². The van der Waals surface area contributed by atoms with Gasteiger partial charge in [-0.25, -0.2) is 4.79 Å². The van der Waals surface area contributed by atoms with Crippen molar-refractivity contribution in [2.24, 2.45) is 0 Å². The molecule has 1 unspecified atom stereocenters. The normalized spacial score (nSPS) is 17.8. The number of aldehydes is 1. The van der Waals surface area contributed by atoms with Crippen molar-refractivity contribution in [3.05, 3.63) is 23.8 Å². The summed E-state index contributed by atoms with van der Waals surface area (Å²) in [5.74, 6) is 0.697. The number of hydrogen-bond donors (Lipinski definition) is 1. The first-order chi connectivity index (χ1) is 12.2. The molecule has 1 amide bonds. The number of amides is 1. The molecule has 1 aliphatic heterocycles. The summed E-state index contributed by atoms with van der Waals surface area (Å²) in [6, 6.07) is 5.46. The molecule has 1 aliphatic rings. The third-order valence-corrected chi connectivity index (χ3v) is 3.98. The van der Waals surface area contributed by atoms with Crippen LogP contribution in [0.15, 0.2) is 18.2 Å². The average molecular weight is 362 g/mol. The quantitative estimate of drug-likeness (QED) is 0.808. The Morgan fingerprint density at radius 3 is 2.69 bits per heavy atom. The van der Waals surface area contributed by atoms with E-state index in [9.17, 15) is 9.59 Å². The second-order valence-electron chi connectivity index (χ2n) is 7.91. The number of benzene rings is 1. The van der Waals surface area contributed by atoms with Crippen LogP contribution in [0.25, 0.3) is 0 Å². The van der Waals surface area contributed by atoms with E-state index in [1.54, 1.807) is 6.07 Å². The summed E-state index contributed by atoms with van der Waals surface area (Å²) >= 11 is 0. The largest absolute Gasteiger partial charge is 0.489 e. The maximum atomic E-state index is 12.1. The minimum absolute atomic E-state index is 0.0103. The smallest absolute Gasteiger partial charge is 0.407 e. The highest BCUT2D eigenvalue weighted by atomic mass is 16.6. The molecule has 0 bridgehead atoms. The molecule has 0 aliphatic carbocycles. The van der Waals surface area contributed by atoms with Crippen molar-refractivity contribution in [1.82, 2.24) is 5.32 Å². The van der Waals surface area contributed by atoms with Gasteiger partial charge in [0.25, 0.3) is 0 Å². The maximum absolute atomic E-state index is 12.1. The number of carbonyl (C=O) groups is 2. The summed E-state index contributed by atoms with van der Waals surface area (Å²) in [6.45, 7) is 10.9. The molecule has 1 saturated heterocycles. The standard InChI is InChI=1S/C20H30N2O4/c1-14(2)25-17-10-6-8-15(13-23)18(17)22-11-7-9-16(12-22)21-19(24)26-20(3,4)5/h6,8,10,13-14,16H,7,9,11-12H2,1-5H3,(H,21,24). The minimum Gasteiger partial charge on any atom is -0.489 e. The molecule has 6 heteroatoms. The fourth-order valence-electron chi connectivity index (χ4n) is 3.09. The number of piperidine rings is 1. The van der Waals surface area contributed by atoms with Crippen molar-refractivity contribution in [1.29, 1.82) is 0 Å². The molecule has 26 heavy (non-hydrogen) atoms. The Bertz CT molecular complexity index is 637. The third-order valence-electron chi connectivity index (χ3n) is 3.98. The number of ether oxygens (including phenoxy) is 2. The molecule has 1 N–H and O–H groups in total. The monoisotopic (exact) mass is 362 g/mol. The van der Waals surface area contributed by atoms with Crippen molar-refractivity contribution in [2.75, 3.05) is 18.0 Å². The van der Waals surface area contributed by atoms with E-state index >= 15 is 0 Å². The summed E-state index contributed by atoms with van der Waals surface area (Å²) in [5, 5.41) is 2.94. The van der Waals surface area contributed by atoms with Gasteiger partial charge in [-0.2, -0.15) is 0 Å². The van der Waals surface area contributed by atoms with Crippen molar-refractivity contribution in [2.45, 2.75) is 65.2 Å². The summed E-state index contributed by atoms with van der Waals surface area (Å²) in [5.41, 5.74) is 0.869. The first-order valence-corrected chi connectivity index (χ1v) is 9.19. The molecule has 2 rings (SSSR count). The minimum atomic E-state index is -0.527. The molecule has 0 saturated carbocycles. The van der Waals surface area contributed by atoms with Gasteiger partial charge >= 0.3 is 6.09 Å². The van der Waals surface area contributed by atoms with E-state index in [0.29, 0.717) is 17.9 Å². The van der Waals surface area contributed by atoms with Gasteiger partial charge in [-0.15, -0.1) is 0 Å². The topological polar surface area (TPSA) is 67.9 Å². The lowest BCUT2D eigenvalue weighted by Crippen LogP contribution is -2.49. The Kier molecular flexibility index (Phi) is 6.51. The zero-order valence-electron chi connectivity index (χ0n) is 16.4. The van der Waals surface area contributed by atoms with E-state index in [4.69, 9.17) is 9.47 Å². The van der Waals surface area contributed by atoms with E-state index in [0.717, 1.165) is 31.4 Å². The number of nitrogens with one attached hydrogen (secondary N) is 1. The zero-order valence-corrected chi connectivity index (χ0v) is 16.4. The van der Waals surface area contributed by atoms with E-state index in [1.165, 1.54) is 0 Å². The van der Waals surface area contributed by atoms with Crippen LogP contribution in [0, 0.1) is 0 Å². The molecule has 1 aromatic rings. The fraction of sp³-hybridized carbons (Fsp3) is 0.600. The molecule has 1 fully saturated rings. The lowest BCUT2D eigenvalue weighted by Gasteiger charge is -2.36. The van der Waals surface area contributed by atoms with Crippen LogP contribution in [0.5, 0.6) is 5.75 Å². The van der Waals surface area contributed by atoms with Crippen LogP contribution in [0.3, 0.4) is 0 Å². The van der Waals surface area contributed by atoms with Gasteiger partial charge in [-0.05, 0) is 59.6 Å². The second kappa shape index (κ2) is 8.43. The molecule has 144 valence electrons.